The van der Waals surface area contributed by atoms with Gasteiger partial charge in [0.1, 0.15) is 17.1 Å². The van der Waals surface area contributed by atoms with E-state index in [1.807, 2.05) is 6.92 Å². The van der Waals surface area contributed by atoms with E-state index < -0.39 is 5.97 Å². The van der Waals surface area contributed by atoms with Crippen LogP contribution in [0.3, 0.4) is 0 Å². The summed E-state index contributed by atoms with van der Waals surface area (Å²) in [5.41, 5.74) is 2.12. The lowest BCUT2D eigenvalue weighted by atomic mass is 9.96. The first-order valence-corrected chi connectivity index (χ1v) is 8.37. The van der Waals surface area contributed by atoms with E-state index in [1.165, 1.54) is 14.2 Å². The molecular formula is C21H23NO5. The molecule has 0 spiro atoms. The molecule has 0 atom stereocenters. The molecule has 142 valence electrons. The Morgan fingerprint density at radius 1 is 1.26 bits per heavy atom. The first-order valence-electron chi connectivity index (χ1n) is 8.37. The van der Waals surface area contributed by atoms with Crippen LogP contribution in [0.5, 0.6) is 17.4 Å². The number of carboxylic acids is 1. The number of phenols is 1. The van der Waals surface area contributed by atoms with Crippen LogP contribution in [-0.4, -0.2) is 35.4 Å². The summed E-state index contributed by atoms with van der Waals surface area (Å²) < 4.78 is 10.5. The van der Waals surface area contributed by atoms with Crippen molar-refractivity contribution >= 4 is 18.1 Å². The van der Waals surface area contributed by atoms with E-state index in [1.54, 1.807) is 36.4 Å². The molecule has 0 aliphatic carbocycles. The Hall–Kier alpha value is -3.28. The van der Waals surface area contributed by atoms with Gasteiger partial charge in [0, 0.05) is 11.6 Å². The minimum Gasteiger partial charge on any atom is -0.507 e. The lowest BCUT2D eigenvalue weighted by Gasteiger charge is -2.15. The first kappa shape index (κ1) is 20.0. The third kappa shape index (κ3) is 4.88. The molecule has 1 aromatic carbocycles. The lowest BCUT2D eigenvalue weighted by Crippen LogP contribution is -2.05. The average molecular weight is 369 g/mol. The van der Waals surface area contributed by atoms with Gasteiger partial charge in [-0.25, -0.2) is 9.78 Å². The van der Waals surface area contributed by atoms with Crippen molar-refractivity contribution in [3.63, 3.8) is 0 Å². The Morgan fingerprint density at radius 3 is 2.59 bits per heavy atom. The second-order valence-electron chi connectivity index (χ2n) is 6.07. The Kier molecular flexibility index (Phi) is 6.60. The summed E-state index contributed by atoms with van der Waals surface area (Å²) in [7, 11) is 3.00. The molecule has 0 saturated carbocycles. The number of aromatic hydroxyl groups is 1. The SMILES string of the molecule is C=C(C)CCc1c(OC)cc(/C=C/c2cccc(OC)n2)c(C(=O)O)c1O. The predicted octanol–water partition coefficient (Wildman–Crippen LogP) is 4.18. The number of hydrogen-bond acceptors (Lipinski definition) is 5. The smallest absolute Gasteiger partial charge is 0.340 e. The number of ether oxygens (including phenoxy) is 2. The van der Waals surface area contributed by atoms with E-state index in [2.05, 4.69) is 11.6 Å². The van der Waals surface area contributed by atoms with E-state index in [9.17, 15) is 15.0 Å². The van der Waals surface area contributed by atoms with Gasteiger partial charge in [-0.15, -0.1) is 6.58 Å². The van der Waals surface area contributed by atoms with Gasteiger partial charge >= 0.3 is 5.97 Å². The molecule has 2 N–H and O–H groups in total. The quantitative estimate of drug-likeness (QED) is 0.679. The number of allylic oxidation sites excluding steroid dienone is 1. The second kappa shape index (κ2) is 8.89. The maximum atomic E-state index is 11.8. The van der Waals surface area contributed by atoms with Crippen molar-refractivity contribution in [2.24, 2.45) is 0 Å². The summed E-state index contributed by atoms with van der Waals surface area (Å²) in [6, 6.07) is 6.86. The molecule has 0 amide bonds. The molecule has 0 aliphatic rings. The third-order valence-electron chi connectivity index (χ3n) is 4.02. The van der Waals surface area contributed by atoms with Crippen molar-refractivity contribution in [3.8, 4) is 17.4 Å². The summed E-state index contributed by atoms with van der Waals surface area (Å²) in [6.07, 6.45) is 4.28. The molecule has 0 unspecified atom stereocenters. The number of benzene rings is 1. The molecule has 27 heavy (non-hydrogen) atoms. The number of hydrogen-bond donors (Lipinski definition) is 2. The second-order valence-corrected chi connectivity index (χ2v) is 6.07. The van der Waals surface area contributed by atoms with Crippen LogP contribution in [0.2, 0.25) is 0 Å². The third-order valence-corrected chi connectivity index (χ3v) is 4.02. The standard InChI is InChI=1S/C21H23NO5/c1-13(2)8-11-16-17(26-3)12-14(19(20(16)23)21(24)25)9-10-15-6-5-7-18(22-15)27-4/h5-7,9-10,12,23H,1,8,11H2,2-4H3,(H,24,25)/b10-9+. The number of carbonyl (C=O) groups is 1. The van der Waals surface area contributed by atoms with E-state index in [-0.39, 0.29) is 11.3 Å². The molecule has 0 radical (unpaired) electrons. The van der Waals surface area contributed by atoms with E-state index in [4.69, 9.17) is 9.47 Å². The van der Waals surface area contributed by atoms with Crippen molar-refractivity contribution in [2.45, 2.75) is 19.8 Å². The molecule has 2 rings (SSSR count). The number of pyridine rings is 1. The Labute approximate surface area is 158 Å². The van der Waals surface area contributed by atoms with Crippen molar-refractivity contribution in [1.29, 1.82) is 0 Å². The summed E-state index contributed by atoms with van der Waals surface area (Å²) in [5.74, 6) is -0.630. The molecule has 0 saturated heterocycles. The molecule has 1 heterocycles. The van der Waals surface area contributed by atoms with Gasteiger partial charge in [-0.1, -0.05) is 17.7 Å². The largest absolute Gasteiger partial charge is 0.507 e. The van der Waals surface area contributed by atoms with Crippen LogP contribution in [0.15, 0.2) is 36.4 Å². The van der Waals surface area contributed by atoms with E-state index >= 15 is 0 Å². The fraction of sp³-hybridized carbons (Fsp3) is 0.238. The van der Waals surface area contributed by atoms with Crippen LogP contribution >= 0.6 is 0 Å². The number of nitrogens with zero attached hydrogens (tertiary/aromatic N) is 1. The fourth-order valence-corrected chi connectivity index (χ4v) is 2.64. The Balaban J connectivity index is 2.51. The van der Waals surface area contributed by atoms with Gasteiger partial charge < -0.3 is 19.7 Å². The van der Waals surface area contributed by atoms with Crippen LogP contribution in [-0.2, 0) is 6.42 Å². The summed E-state index contributed by atoms with van der Waals surface area (Å²) in [5, 5.41) is 20.2. The number of rotatable bonds is 8. The maximum absolute atomic E-state index is 11.8. The molecule has 0 aliphatic heterocycles. The van der Waals surface area contributed by atoms with E-state index in [0.29, 0.717) is 41.3 Å². The van der Waals surface area contributed by atoms with Gasteiger partial charge in [-0.05, 0) is 43.5 Å². The van der Waals surface area contributed by atoms with Crippen LogP contribution in [0.1, 0.15) is 40.5 Å². The van der Waals surface area contributed by atoms with Gasteiger partial charge in [0.15, 0.2) is 0 Å². The zero-order valence-electron chi connectivity index (χ0n) is 15.7. The first-order chi connectivity index (χ1) is 12.9. The van der Waals surface area contributed by atoms with Gasteiger partial charge in [-0.2, -0.15) is 0 Å². The van der Waals surface area contributed by atoms with Crippen LogP contribution in [0, 0.1) is 0 Å². The highest BCUT2D eigenvalue weighted by Gasteiger charge is 2.21. The molecule has 6 heteroatoms. The molecule has 6 nitrogen and oxygen atoms in total. The lowest BCUT2D eigenvalue weighted by molar-refractivity contribution is 0.0693. The monoisotopic (exact) mass is 369 g/mol. The van der Waals surface area contributed by atoms with Crippen LogP contribution in [0.4, 0.5) is 0 Å². The number of methoxy groups -OCH3 is 2. The number of aromatic nitrogens is 1. The summed E-state index contributed by atoms with van der Waals surface area (Å²) in [4.78, 5) is 16.0. The minimum atomic E-state index is -1.22. The Morgan fingerprint density at radius 2 is 2.00 bits per heavy atom. The van der Waals surface area contributed by atoms with E-state index in [0.717, 1.165) is 5.57 Å². The highest BCUT2D eigenvalue weighted by molar-refractivity contribution is 5.97. The molecule has 2 aromatic rings. The van der Waals surface area contributed by atoms with Crippen molar-refractivity contribution in [2.75, 3.05) is 14.2 Å². The maximum Gasteiger partial charge on any atom is 0.340 e. The van der Waals surface area contributed by atoms with Crippen molar-refractivity contribution < 1.29 is 24.5 Å². The van der Waals surface area contributed by atoms with Gasteiger partial charge in [0.25, 0.3) is 0 Å². The number of aromatic carboxylic acids is 1. The fourth-order valence-electron chi connectivity index (χ4n) is 2.64. The van der Waals surface area contributed by atoms with Crippen molar-refractivity contribution in [3.05, 3.63) is 58.8 Å². The molecule has 0 fully saturated rings. The van der Waals surface area contributed by atoms with Gasteiger partial charge in [-0.3, -0.25) is 0 Å². The highest BCUT2D eigenvalue weighted by Crippen LogP contribution is 2.36. The molecule has 0 bridgehead atoms. The Bertz CT molecular complexity index is 886. The van der Waals surface area contributed by atoms with Gasteiger partial charge in [0.2, 0.25) is 5.88 Å². The average Bonchev–Trinajstić information content (AvgIpc) is 2.64. The zero-order valence-corrected chi connectivity index (χ0v) is 15.7. The van der Waals surface area contributed by atoms with Crippen LogP contribution in [0.25, 0.3) is 12.2 Å². The molecule has 1 aromatic heterocycles. The highest BCUT2D eigenvalue weighted by atomic mass is 16.5. The zero-order chi connectivity index (χ0) is 20.0. The minimum absolute atomic E-state index is 0.174. The number of carboxylic acid groups (broad SMARTS) is 1. The molecular weight excluding hydrogens is 346 g/mol. The van der Waals surface area contributed by atoms with Crippen molar-refractivity contribution in [1.82, 2.24) is 4.98 Å². The topological polar surface area (TPSA) is 88.9 Å². The van der Waals surface area contributed by atoms with Gasteiger partial charge in [0.05, 0.1) is 19.9 Å². The summed E-state index contributed by atoms with van der Waals surface area (Å²) >= 11 is 0. The normalized spacial score (nSPS) is 10.8. The predicted molar refractivity (Wildman–Crippen MR) is 104 cm³/mol. The van der Waals surface area contributed by atoms with Crippen LogP contribution < -0.4 is 9.47 Å². The summed E-state index contributed by atoms with van der Waals surface area (Å²) in [6.45, 7) is 5.72.